The minimum absolute atomic E-state index is 0.0947. The molecule has 0 saturated carbocycles. The Hall–Kier alpha value is -3.74. The van der Waals surface area contributed by atoms with Crippen molar-refractivity contribution in [2.45, 2.75) is 13.0 Å². The predicted octanol–water partition coefficient (Wildman–Crippen LogP) is 4.51. The van der Waals surface area contributed by atoms with Gasteiger partial charge in [0.25, 0.3) is 11.8 Å². The molecular weight excluding hydrogens is 390 g/mol. The lowest BCUT2D eigenvalue weighted by molar-refractivity contribution is -0.0498. The van der Waals surface area contributed by atoms with Crippen molar-refractivity contribution in [1.82, 2.24) is 5.32 Å². The maximum absolute atomic E-state index is 12.3. The Bertz CT molecular complexity index is 976. The Morgan fingerprint density at radius 3 is 2.07 bits per heavy atom. The van der Waals surface area contributed by atoms with Gasteiger partial charge >= 0.3 is 6.61 Å². The number of halogens is 2. The van der Waals surface area contributed by atoms with Crippen LogP contribution in [0, 0.1) is 0 Å². The lowest BCUT2D eigenvalue weighted by Gasteiger charge is -2.08. The number of hydrogen-bond donors (Lipinski definition) is 2. The second kappa shape index (κ2) is 10.2. The van der Waals surface area contributed by atoms with E-state index in [1.807, 2.05) is 6.07 Å². The average Bonchev–Trinajstić information content (AvgIpc) is 2.75. The van der Waals surface area contributed by atoms with Gasteiger partial charge in [0.15, 0.2) is 0 Å². The molecule has 0 bridgehead atoms. The van der Waals surface area contributed by atoms with Crippen molar-refractivity contribution in [1.29, 1.82) is 0 Å². The van der Waals surface area contributed by atoms with Crippen molar-refractivity contribution in [3.8, 4) is 5.75 Å². The fraction of sp³-hybridized carbons (Fsp3) is 0.130. The summed E-state index contributed by atoms with van der Waals surface area (Å²) in [6, 6.07) is 21.7. The first-order chi connectivity index (χ1) is 14.5. The number of nitrogens with one attached hydrogen (secondary N) is 2. The Balaban J connectivity index is 1.47. The zero-order chi connectivity index (χ0) is 21.3. The highest BCUT2D eigenvalue weighted by Gasteiger charge is 2.08. The molecular formula is C23H20F2N2O3. The van der Waals surface area contributed by atoms with E-state index in [-0.39, 0.29) is 17.6 Å². The minimum atomic E-state index is -2.85. The highest BCUT2D eigenvalue weighted by molar-refractivity contribution is 6.04. The summed E-state index contributed by atoms with van der Waals surface area (Å²) >= 11 is 0. The van der Waals surface area contributed by atoms with E-state index < -0.39 is 6.61 Å². The SMILES string of the molecule is O=C(NCCc1ccc(OC(F)F)cc1)c1ccc(NC(=O)c2ccccc2)cc1. The fourth-order valence-electron chi connectivity index (χ4n) is 2.76. The first kappa shape index (κ1) is 21.0. The van der Waals surface area contributed by atoms with Crippen LogP contribution in [0.2, 0.25) is 0 Å². The smallest absolute Gasteiger partial charge is 0.387 e. The highest BCUT2D eigenvalue weighted by Crippen LogP contribution is 2.15. The average molecular weight is 410 g/mol. The number of rotatable bonds is 8. The molecule has 0 fully saturated rings. The van der Waals surface area contributed by atoms with Gasteiger partial charge in [-0.1, -0.05) is 30.3 Å². The van der Waals surface area contributed by atoms with Gasteiger partial charge in [-0.15, -0.1) is 0 Å². The molecule has 0 aliphatic carbocycles. The molecule has 30 heavy (non-hydrogen) atoms. The molecule has 154 valence electrons. The summed E-state index contributed by atoms with van der Waals surface area (Å²) in [4.78, 5) is 24.4. The van der Waals surface area contributed by atoms with E-state index >= 15 is 0 Å². The van der Waals surface area contributed by atoms with Gasteiger partial charge in [0.05, 0.1) is 0 Å². The van der Waals surface area contributed by atoms with E-state index in [0.717, 1.165) is 5.56 Å². The first-order valence-corrected chi connectivity index (χ1v) is 9.30. The van der Waals surface area contributed by atoms with E-state index in [1.54, 1.807) is 60.7 Å². The molecule has 0 aliphatic heterocycles. The third-order valence-electron chi connectivity index (χ3n) is 4.29. The van der Waals surface area contributed by atoms with Gasteiger partial charge in [0.2, 0.25) is 0 Å². The molecule has 3 aromatic carbocycles. The number of carbonyl (C=O) groups excluding carboxylic acids is 2. The second-order valence-corrected chi connectivity index (χ2v) is 6.43. The van der Waals surface area contributed by atoms with Crippen LogP contribution in [0.15, 0.2) is 78.9 Å². The molecule has 3 aromatic rings. The van der Waals surface area contributed by atoms with Crippen LogP contribution in [0.4, 0.5) is 14.5 Å². The van der Waals surface area contributed by atoms with Crippen LogP contribution in [0.3, 0.4) is 0 Å². The lowest BCUT2D eigenvalue weighted by Crippen LogP contribution is -2.25. The number of benzene rings is 3. The molecule has 0 heterocycles. The fourth-order valence-corrected chi connectivity index (χ4v) is 2.76. The molecule has 3 rings (SSSR count). The van der Waals surface area contributed by atoms with Crippen LogP contribution in [0.5, 0.6) is 5.75 Å². The molecule has 2 N–H and O–H groups in total. The van der Waals surface area contributed by atoms with Gasteiger partial charge in [-0.05, 0) is 60.5 Å². The Kier molecular flexibility index (Phi) is 7.10. The van der Waals surface area contributed by atoms with Gasteiger partial charge in [0.1, 0.15) is 5.75 Å². The van der Waals surface area contributed by atoms with Crippen LogP contribution >= 0.6 is 0 Å². The standard InChI is InChI=1S/C23H20F2N2O3/c24-23(25)30-20-12-6-16(7-13-20)14-15-26-21(28)18-8-10-19(11-9-18)27-22(29)17-4-2-1-3-5-17/h1-13,23H,14-15H2,(H,26,28)(H,27,29). The monoisotopic (exact) mass is 410 g/mol. The predicted molar refractivity (Wildman–Crippen MR) is 110 cm³/mol. The Morgan fingerprint density at radius 2 is 1.43 bits per heavy atom. The summed E-state index contributed by atoms with van der Waals surface area (Å²) in [5.74, 6) is -0.372. The number of anilines is 1. The number of amides is 2. The molecule has 7 heteroatoms. The molecule has 0 unspecified atom stereocenters. The number of alkyl halides is 2. The zero-order valence-corrected chi connectivity index (χ0v) is 16.0. The van der Waals surface area contributed by atoms with Crippen molar-refractivity contribution in [3.63, 3.8) is 0 Å². The van der Waals surface area contributed by atoms with E-state index in [2.05, 4.69) is 15.4 Å². The third kappa shape index (κ3) is 6.13. The summed E-state index contributed by atoms with van der Waals surface area (Å²) in [6.45, 7) is -2.46. The van der Waals surface area contributed by atoms with Crippen LogP contribution in [0.25, 0.3) is 0 Å². The van der Waals surface area contributed by atoms with Crippen molar-refractivity contribution >= 4 is 17.5 Å². The van der Waals surface area contributed by atoms with Crippen molar-refractivity contribution in [2.75, 3.05) is 11.9 Å². The lowest BCUT2D eigenvalue weighted by atomic mass is 10.1. The van der Waals surface area contributed by atoms with Gasteiger partial charge in [-0.3, -0.25) is 9.59 Å². The van der Waals surface area contributed by atoms with Gasteiger partial charge in [0, 0.05) is 23.4 Å². The zero-order valence-electron chi connectivity index (χ0n) is 16.0. The van der Waals surface area contributed by atoms with Crippen molar-refractivity contribution in [3.05, 3.63) is 95.6 Å². The molecule has 0 aromatic heterocycles. The molecule has 0 saturated heterocycles. The van der Waals surface area contributed by atoms with Crippen LogP contribution in [0.1, 0.15) is 26.3 Å². The number of hydrogen-bond acceptors (Lipinski definition) is 3. The first-order valence-electron chi connectivity index (χ1n) is 9.30. The summed E-state index contributed by atoms with van der Waals surface area (Å²) in [7, 11) is 0. The third-order valence-corrected chi connectivity index (χ3v) is 4.29. The van der Waals surface area contributed by atoms with Crippen LogP contribution < -0.4 is 15.4 Å². The molecule has 5 nitrogen and oxygen atoms in total. The van der Waals surface area contributed by atoms with Gasteiger partial charge in [-0.2, -0.15) is 8.78 Å². The van der Waals surface area contributed by atoms with Crippen LogP contribution in [-0.2, 0) is 6.42 Å². The summed E-state index contributed by atoms with van der Waals surface area (Å²) in [6.07, 6.45) is 0.548. The van der Waals surface area contributed by atoms with Crippen LogP contribution in [-0.4, -0.2) is 25.0 Å². The topological polar surface area (TPSA) is 67.4 Å². The Morgan fingerprint density at radius 1 is 0.800 bits per heavy atom. The number of carbonyl (C=O) groups is 2. The van der Waals surface area contributed by atoms with Crippen molar-refractivity contribution < 1.29 is 23.1 Å². The maximum Gasteiger partial charge on any atom is 0.387 e. The normalized spacial score (nSPS) is 10.5. The number of ether oxygens (including phenoxy) is 1. The summed E-state index contributed by atoms with van der Waals surface area (Å²) in [5, 5.41) is 5.58. The van der Waals surface area contributed by atoms with E-state index in [1.165, 1.54) is 12.1 Å². The van der Waals surface area contributed by atoms with E-state index in [4.69, 9.17) is 0 Å². The largest absolute Gasteiger partial charge is 0.435 e. The van der Waals surface area contributed by atoms with E-state index in [9.17, 15) is 18.4 Å². The summed E-state index contributed by atoms with van der Waals surface area (Å²) in [5.41, 5.74) is 2.49. The van der Waals surface area contributed by atoms with E-state index in [0.29, 0.717) is 29.8 Å². The van der Waals surface area contributed by atoms with Gasteiger partial charge in [-0.25, -0.2) is 0 Å². The molecule has 0 spiro atoms. The summed E-state index contributed by atoms with van der Waals surface area (Å²) < 4.78 is 28.6. The molecule has 0 aliphatic rings. The highest BCUT2D eigenvalue weighted by atomic mass is 19.3. The van der Waals surface area contributed by atoms with Crippen molar-refractivity contribution in [2.24, 2.45) is 0 Å². The maximum atomic E-state index is 12.3. The second-order valence-electron chi connectivity index (χ2n) is 6.43. The Labute approximate surface area is 172 Å². The quantitative estimate of drug-likeness (QED) is 0.574. The van der Waals surface area contributed by atoms with Gasteiger partial charge < -0.3 is 15.4 Å². The minimum Gasteiger partial charge on any atom is -0.435 e. The molecule has 0 radical (unpaired) electrons. The molecule has 2 amide bonds. The molecule has 0 atom stereocenters.